The SMILES string of the molecule is CCCCCCCCCCCCOC(=O)CCSCCC(=O)OCCCCCCCCCCCC.[Zn]. The smallest absolute Gasteiger partial charge is 0.306 e. The van der Waals surface area contributed by atoms with Crippen molar-refractivity contribution in [2.24, 2.45) is 0 Å². The van der Waals surface area contributed by atoms with Gasteiger partial charge in [-0.1, -0.05) is 129 Å². The van der Waals surface area contributed by atoms with Gasteiger partial charge in [-0.3, -0.25) is 9.59 Å². The Bertz CT molecular complexity index is 422. The number of carbonyl (C=O) groups is 2. The van der Waals surface area contributed by atoms with Crippen molar-refractivity contribution in [3.63, 3.8) is 0 Å². The summed E-state index contributed by atoms with van der Waals surface area (Å²) in [4.78, 5) is 23.6. The molecular weight excluding hydrogens is 522 g/mol. The number of carbonyl (C=O) groups excluding carboxylic acids is 2. The van der Waals surface area contributed by atoms with Crippen LogP contribution in [-0.4, -0.2) is 36.7 Å². The molecule has 0 saturated heterocycles. The zero-order chi connectivity index (χ0) is 25.7. The minimum absolute atomic E-state index is 0. The summed E-state index contributed by atoms with van der Waals surface area (Å²) >= 11 is 1.63. The van der Waals surface area contributed by atoms with Gasteiger partial charge in [0.05, 0.1) is 26.1 Å². The van der Waals surface area contributed by atoms with Gasteiger partial charge in [0.2, 0.25) is 0 Å². The van der Waals surface area contributed by atoms with Crippen molar-refractivity contribution in [2.45, 2.75) is 155 Å². The van der Waals surface area contributed by atoms with Crippen LogP contribution in [0.15, 0.2) is 0 Å². The van der Waals surface area contributed by atoms with Gasteiger partial charge in [-0.05, 0) is 12.8 Å². The molecule has 0 saturated carbocycles. The summed E-state index contributed by atoms with van der Waals surface area (Å²) in [6.07, 6.45) is 26.5. The van der Waals surface area contributed by atoms with Crippen LogP contribution in [0.2, 0.25) is 0 Å². The first-order chi connectivity index (χ1) is 17.2. The maximum Gasteiger partial charge on any atom is 0.306 e. The Balaban J connectivity index is 0. The Morgan fingerprint density at radius 1 is 0.472 bits per heavy atom. The van der Waals surface area contributed by atoms with Crippen molar-refractivity contribution in [1.29, 1.82) is 0 Å². The van der Waals surface area contributed by atoms with E-state index < -0.39 is 0 Å². The van der Waals surface area contributed by atoms with Crippen LogP contribution in [0.25, 0.3) is 0 Å². The standard InChI is InChI=1S/C30H58O4S.Zn/c1-3-5-7-9-11-13-15-17-19-21-25-33-29(31)23-27-35-28-24-30(32)34-26-22-20-18-16-14-12-10-8-6-4-2;/h3-28H2,1-2H3;. The fourth-order valence-electron chi connectivity index (χ4n) is 4.11. The molecule has 0 N–H and O–H groups in total. The van der Waals surface area contributed by atoms with Gasteiger partial charge in [0.1, 0.15) is 0 Å². The van der Waals surface area contributed by atoms with E-state index >= 15 is 0 Å². The molecule has 0 aromatic heterocycles. The van der Waals surface area contributed by atoms with Crippen molar-refractivity contribution in [2.75, 3.05) is 24.7 Å². The molecule has 0 atom stereocenters. The largest absolute Gasteiger partial charge is 0.466 e. The minimum atomic E-state index is -0.114. The van der Waals surface area contributed by atoms with Crippen LogP contribution in [0.5, 0.6) is 0 Å². The first kappa shape index (κ1) is 38.1. The average Bonchev–Trinajstić information content (AvgIpc) is 2.85. The number of hydrogen-bond donors (Lipinski definition) is 0. The molecule has 0 rings (SSSR count). The molecule has 0 heterocycles. The van der Waals surface area contributed by atoms with Gasteiger partial charge in [0.15, 0.2) is 0 Å². The Morgan fingerprint density at radius 2 is 0.750 bits per heavy atom. The summed E-state index contributed by atoms with van der Waals surface area (Å²) < 4.78 is 10.6. The number of rotatable bonds is 28. The molecule has 0 aliphatic rings. The predicted octanol–water partition coefficient (Wildman–Crippen LogP) is 9.43. The van der Waals surface area contributed by atoms with Crippen LogP contribution >= 0.6 is 11.8 Å². The Hall–Kier alpha value is -0.0866. The van der Waals surface area contributed by atoms with Crippen LogP contribution in [0, 0.1) is 0 Å². The predicted molar refractivity (Wildman–Crippen MR) is 152 cm³/mol. The van der Waals surface area contributed by atoms with Crippen molar-refractivity contribution in [3.8, 4) is 0 Å². The summed E-state index contributed by atoms with van der Waals surface area (Å²) in [6, 6.07) is 0. The molecule has 0 spiro atoms. The van der Waals surface area contributed by atoms with Gasteiger partial charge in [0, 0.05) is 31.0 Å². The topological polar surface area (TPSA) is 52.6 Å². The van der Waals surface area contributed by atoms with Crippen LogP contribution in [0.3, 0.4) is 0 Å². The van der Waals surface area contributed by atoms with Crippen molar-refractivity contribution >= 4 is 23.7 Å². The first-order valence-electron chi connectivity index (χ1n) is 15.1. The number of ether oxygens (including phenoxy) is 2. The molecule has 0 unspecified atom stereocenters. The second-order valence-corrected chi connectivity index (χ2v) is 11.1. The van der Waals surface area contributed by atoms with Gasteiger partial charge in [0.25, 0.3) is 0 Å². The summed E-state index contributed by atoms with van der Waals surface area (Å²) in [5.41, 5.74) is 0. The van der Waals surface area contributed by atoms with Gasteiger partial charge >= 0.3 is 11.9 Å². The van der Waals surface area contributed by atoms with Crippen molar-refractivity contribution in [3.05, 3.63) is 0 Å². The van der Waals surface area contributed by atoms with E-state index in [0.29, 0.717) is 37.6 Å². The molecule has 210 valence electrons. The molecule has 0 amide bonds. The third-order valence-electron chi connectivity index (χ3n) is 6.42. The monoisotopic (exact) mass is 578 g/mol. The first-order valence-corrected chi connectivity index (χ1v) is 16.2. The van der Waals surface area contributed by atoms with E-state index in [2.05, 4.69) is 13.8 Å². The molecule has 0 aliphatic carbocycles. The second kappa shape index (κ2) is 32.9. The summed E-state index contributed by atoms with van der Waals surface area (Å²) in [5.74, 6) is 1.19. The van der Waals surface area contributed by atoms with E-state index in [1.54, 1.807) is 11.8 Å². The molecule has 0 aromatic carbocycles. The molecule has 0 fully saturated rings. The third-order valence-corrected chi connectivity index (χ3v) is 7.41. The quantitative estimate of drug-likeness (QED) is 0.0525. The molecular formula is C30H58O4SZn. The molecule has 6 heteroatoms. The number of hydrogen-bond acceptors (Lipinski definition) is 5. The fourth-order valence-corrected chi connectivity index (χ4v) is 4.93. The third kappa shape index (κ3) is 31.9. The van der Waals surface area contributed by atoms with E-state index in [1.807, 2.05) is 0 Å². The Kier molecular flexibility index (Phi) is 34.8. The van der Waals surface area contributed by atoms with Gasteiger partial charge < -0.3 is 9.47 Å². The molecule has 4 nitrogen and oxygen atoms in total. The van der Waals surface area contributed by atoms with E-state index in [1.165, 1.54) is 103 Å². The second-order valence-electron chi connectivity index (χ2n) is 9.92. The van der Waals surface area contributed by atoms with Crippen molar-refractivity contribution in [1.82, 2.24) is 0 Å². The molecule has 0 aromatic rings. The number of thioether (sulfide) groups is 1. The van der Waals surface area contributed by atoms with Gasteiger partial charge in [-0.25, -0.2) is 0 Å². The maximum absolute atomic E-state index is 11.8. The summed E-state index contributed by atoms with van der Waals surface area (Å²) in [5, 5.41) is 0. The molecule has 0 aliphatic heterocycles. The Labute approximate surface area is 241 Å². The number of esters is 2. The fraction of sp³-hybridized carbons (Fsp3) is 0.933. The van der Waals surface area contributed by atoms with Gasteiger partial charge in [-0.15, -0.1) is 0 Å². The van der Waals surface area contributed by atoms with E-state index in [9.17, 15) is 9.59 Å². The van der Waals surface area contributed by atoms with Gasteiger partial charge in [-0.2, -0.15) is 11.8 Å². The summed E-state index contributed by atoms with van der Waals surface area (Å²) in [6.45, 7) is 5.60. The zero-order valence-electron chi connectivity index (χ0n) is 24.1. The zero-order valence-corrected chi connectivity index (χ0v) is 27.9. The van der Waals surface area contributed by atoms with Crippen molar-refractivity contribution < 1.29 is 38.5 Å². The molecule has 0 radical (unpaired) electrons. The molecule has 36 heavy (non-hydrogen) atoms. The van der Waals surface area contributed by atoms with Crippen LogP contribution in [-0.2, 0) is 38.5 Å². The van der Waals surface area contributed by atoms with Crippen LogP contribution in [0.1, 0.15) is 155 Å². The maximum atomic E-state index is 11.8. The van der Waals surface area contributed by atoms with Crippen LogP contribution < -0.4 is 0 Å². The van der Waals surface area contributed by atoms with Crippen LogP contribution in [0.4, 0.5) is 0 Å². The minimum Gasteiger partial charge on any atom is -0.466 e. The Morgan fingerprint density at radius 3 is 1.06 bits per heavy atom. The average molecular weight is 580 g/mol. The van der Waals surface area contributed by atoms with E-state index in [0.717, 1.165) is 25.7 Å². The molecule has 0 bridgehead atoms. The number of unbranched alkanes of at least 4 members (excludes halogenated alkanes) is 18. The summed E-state index contributed by atoms with van der Waals surface area (Å²) in [7, 11) is 0. The van der Waals surface area contributed by atoms with E-state index in [-0.39, 0.29) is 31.4 Å². The van der Waals surface area contributed by atoms with E-state index in [4.69, 9.17) is 9.47 Å². The normalized spacial score (nSPS) is 10.7.